The molecule has 1 atom stereocenters. The molecule has 122 valence electrons. The third-order valence-electron chi connectivity index (χ3n) is 3.76. The van der Waals surface area contributed by atoms with E-state index in [0.717, 1.165) is 30.5 Å². The van der Waals surface area contributed by atoms with E-state index >= 15 is 0 Å². The van der Waals surface area contributed by atoms with Gasteiger partial charge in [0.1, 0.15) is 0 Å². The van der Waals surface area contributed by atoms with Crippen molar-refractivity contribution in [3.05, 3.63) is 30.3 Å². The number of anilines is 2. The Hall–Kier alpha value is -1.80. The third kappa shape index (κ3) is 3.94. The summed E-state index contributed by atoms with van der Waals surface area (Å²) < 4.78 is 0.742. The number of thioether (sulfide) groups is 1. The Labute approximate surface area is 143 Å². The molecule has 0 radical (unpaired) electrons. The predicted molar refractivity (Wildman–Crippen MR) is 94.9 cm³/mol. The highest BCUT2D eigenvalue weighted by molar-refractivity contribution is 8.02. The minimum atomic E-state index is -0.175. The summed E-state index contributed by atoms with van der Waals surface area (Å²) in [6, 6.07) is 10.3. The molecule has 1 aliphatic rings. The number of hydrogen-bond acceptors (Lipinski definition) is 7. The minimum absolute atomic E-state index is 0.150. The highest BCUT2D eigenvalue weighted by Gasteiger charge is 2.26. The number of benzene rings is 1. The summed E-state index contributed by atoms with van der Waals surface area (Å²) in [5, 5.41) is 8.00. The summed E-state index contributed by atoms with van der Waals surface area (Å²) >= 11 is 2.74. The molecule has 1 saturated heterocycles. The molecule has 3 rings (SSSR count). The molecule has 0 aliphatic carbocycles. The summed E-state index contributed by atoms with van der Waals surface area (Å²) in [6.07, 6.45) is 0. The molecule has 6 nitrogen and oxygen atoms in total. The Morgan fingerprint density at radius 1 is 1.22 bits per heavy atom. The van der Waals surface area contributed by atoms with Crippen molar-refractivity contribution in [1.82, 2.24) is 15.1 Å². The van der Waals surface area contributed by atoms with Crippen LogP contribution in [0.5, 0.6) is 0 Å². The van der Waals surface area contributed by atoms with Crippen molar-refractivity contribution in [2.75, 3.05) is 36.8 Å². The van der Waals surface area contributed by atoms with Crippen molar-refractivity contribution in [3.8, 4) is 0 Å². The second kappa shape index (κ2) is 7.18. The van der Waals surface area contributed by atoms with E-state index in [1.807, 2.05) is 30.0 Å². The fraction of sp³-hybridized carbons (Fsp3) is 0.400. The van der Waals surface area contributed by atoms with Gasteiger partial charge in [0.2, 0.25) is 11.0 Å². The number of piperazine rings is 1. The maximum atomic E-state index is 12.6. The lowest BCUT2D eigenvalue weighted by Gasteiger charge is -2.37. The van der Waals surface area contributed by atoms with Crippen molar-refractivity contribution < 1.29 is 4.79 Å². The molecule has 0 saturated carbocycles. The first-order valence-corrected chi connectivity index (χ1v) is 9.17. The fourth-order valence-corrected chi connectivity index (χ4v) is 4.41. The van der Waals surface area contributed by atoms with Crippen LogP contribution >= 0.6 is 23.1 Å². The number of amides is 1. The summed E-state index contributed by atoms with van der Waals surface area (Å²) in [7, 11) is 0. The largest absolute Gasteiger partial charge is 0.374 e. The maximum Gasteiger partial charge on any atom is 0.235 e. The molecule has 0 bridgehead atoms. The Bertz CT molecular complexity index is 655. The first kappa shape index (κ1) is 16.1. The topological polar surface area (TPSA) is 75.3 Å². The maximum absolute atomic E-state index is 12.6. The molecule has 2 N–H and O–H groups in total. The van der Waals surface area contributed by atoms with Gasteiger partial charge in [0.05, 0.1) is 5.25 Å². The van der Waals surface area contributed by atoms with Crippen LogP contribution in [0.3, 0.4) is 0 Å². The van der Waals surface area contributed by atoms with Crippen molar-refractivity contribution in [2.45, 2.75) is 16.5 Å². The number of hydrogen-bond donors (Lipinski definition) is 1. The van der Waals surface area contributed by atoms with E-state index in [4.69, 9.17) is 5.73 Å². The predicted octanol–water partition coefficient (Wildman–Crippen LogP) is 1.95. The van der Waals surface area contributed by atoms with Gasteiger partial charge in [0, 0.05) is 31.9 Å². The molecule has 1 aromatic heterocycles. The van der Waals surface area contributed by atoms with Gasteiger partial charge in [-0.25, -0.2) is 0 Å². The van der Waals surface area contributed by atoms with Gasteiger partial charge >= 0.3 is 0 Å². The molecule has 1 fully saturated rings. The quantitative estimate of drug-likeness (QED) is 0.851. The van der Waals surface area contributed by atoms with Crippen LogP contribution in [0.4, 0.5) is 10.8 Å². The van der Waals surface area contributed by atoms with Crippen LogP contribution in [0.25, 0.3) is 0 Å². The van der Waals surface area contributed by atoms with Crippen LogP contribution in [0, 0.1) is 0 Å². The SMILES string of the molecule is C[C@H](Sc1nnc(N)s1)C(=O)N1CCN(c2ccccc2)CC1. The molecule has 1 aromatic carbocycles. The van der Waals surface area contributed by atoms with Crippen LogP contribution in [0.1, 0.15) is 6.92 Å². The van der Waals surface area contributed by atoms with Crippen molar-refractivity contribution in [2.24, 2.45) is 0 Å². The van der Waals surface area contributed by atoms with Crippen LogP contribution in [-0.2, 0) is 4.79 Å². The van der Waals surface area contributed by atoms with Gasteiger partial charge in [-0.15, -0.1) is 10.2 Å². The summed E-state index contributed by atoms with van der Waals surface area (Å²) in [5.41, 5.74) is 6.79. The lowest BCUT2D eigenvalue weighted by atomic mass is 10.2. The molecule has 0 unspecified atom stereocenters. The normalized spacial score (nSPS) is 16.4. The van der Waals surface area contributed by atoms with Gasteiger partial charge in [0.15, 0.2) is 4.34 Å². The Morgan fingerprint density at radius 2 is 1.91 bits per heavy atom. The van der Waals surface area contributed by atoms with Gasteiger partial charge in [-0.05, 0) is 19.1 Å². The second-order valence-electron chi connectivity index (χ2n) is 5.31. The highest BCUT2D eigenvalue weighted by Crippen LogP contribution is 2.28. The zero-order chi connectivity index (χ0) is 16.2. The first-order chi connectivity index (χ1) is 11.1. The molecular weight excluding hydrogens is 330 g/mol. The zero-order valence-corrected chi connectivity index (χ0v) is 14.5. The van der Waals surface area contributed by atoms with Crippen LogP contribution in [0.15, 0.2) is 34.7 Å². The van der Waals surface area contributed by atoms with Gasteiger partial charge in [-0.3, -0.25) is 4.79 Å². The second-order valence-corrected chi connectivity index (χ2v) is 7.91. The van der Waals surface area contributed by atoms with Gasteiger partial charge in [-0.2, -0.15) is 0 Å². The van der Waals surface area contributed by atoms with Crippen LogP contribution in [0.2, 0.25) is 0 Å². The number of nitrogen functional groups attached to an aromatic ring is 1. The molecule has 8 heteroatoms. The number of carbonyl (C=O) groups excluding carboxylic acids is 1. The summed E-state index contributed by atoms with van der Waals surface area (Å²) in [6.45, 7) is 5.12. The number of nitrogens with zero attached hydrogens (tertiary/aromatic N) is 4. The molecule has 2 heterocycles. The summed E-state index contributed by atoms with van der Waals surface area (Å²) in [4.78, 5) is 16.8. The smallest absolute Gasteiger partial charge is 0.235 e. The molecule has 23 heavy (non-hydrogen) atoms. The lowest BCUT2D eigenvalue weighted by molar-refractivity contribution is -0.130. The van der Waals surface area contributed by atoms with Crippen LogP contribution < -0.4 is 10.6 Å². The molecule has 1 amide bonds. The Balaban J connectivity index is 1.53. The average molecular weight is 349 g/mol. The molecule has 1 aliphatic heterocycles. The fourth-order valence-electron chi connectivity index (χ4n) is 2.55. The Morgan fingerprint density at radius 3 is 2.52 bits per heavy atom. The van der Waals surface area contributed by atoms with E-state index in [2.05, 4.69) is 27.2 Å². The van der Waals surface area contributed by atoms with Crippen molar-refractivity contribution in [3.63, 3.8) is 0 Å². The number of para-hydroxylation sites is 1. The van der Waals surface area contributed by atoms with Gasteiger partial charge < -0.3 is 15.5 Å². The van der Waals surface area contributed by atoms with E-state index < -0.39 is 0 Å². The standard InChI is InChI=1S/C15H19N5OS2/c1-11(22-15-18-17-14(16)23-15)13(21)20-9-7-19(8-10-20)12-5-3-2-4-6-12/h2-6,11H,7-10H2,1H3,(H2,16,17)/t11-/m0/s1. The van der Waals surface area contributed by atoms with Crippen LogP contribution in [-0.4, -0.2) is 52.4 Å². The highest BCUT2D eigenvalue weighted by atomic mass is 32.2. The average Bonchev–Trinajstić information content (AvgIpc) is 3.00. The molecule has 0 spiro atoms. The minimum Gasteiger partial charge on any atom is -0.374 e. The van der Waals surface area contributed by atoms with E-state index in [-0.39, 0.29) is 11.2 Å². The molecular formula is C15H19N5OS2. The van der Waals surface area contributed by atoms with E-state index in [9.17, 15) is 4.79 Å². The van der Waals surface area contributed by atoms with E-state index in [0.29, 0.717) is 5.13 Å². The molecule has 2 aromatic rings. The number of carbonyl (C=O) groups is 1. The van der Waals surface area contributed by atoms with E-state index in [1.54, 1.807) is 0 Å². The third-order valence-corrected chi connectivity index (χ3v) is 5.68. The lowest BCUT2D eigenvalue weighted by Crippen LogP contribution is -2.50. The number of aromatic nitrogens is 2. The van der Waals surface area contributed by atoms with Gasteiger partial charge in [0.25, 0.3) is 0 Å². The Kier molecular flexibility index (Phi) is 5.02. The van der Waals surface area contributed by atoms with E-state index in [1.165, 1.54) is 28.8 Å². The first-order valence-electron chi connectivity index (χ1n) is 7.48. The van der Waals surface area contributed by atoms with Gasteiger partial charge in [-0.1, -0.05) is 41.3 Å². The van der Waals surface area contributed by atoms with Crippen molar-refractivity contribution >= 4 is 39.8 Å². The van der Waals surface area contributed by atoms with Crippen molar-refractivity contribution in [1.29, 1.82) is 0 Å². The monoisotopic (exact) mass is 349 g/mol. The number of rotatable bonds is 4. The number of nitrogens with two attached hydrogens (primary N) is 1. The zero-order valence-electron chi connectivity index (χ0n) is 12.9. The summed E-state index contributed by atoms with van der Waals surface area (Å²) in [5.74, 6) is 0.150.